The molecule has 0 heterocycles. The van der Waals surface area contributed by atoms with E-state index in [0.29, 0.717) is 26.0 Å². The topological polar surface area (TPSA) is 84.9 Å². The highest BCUT2D eigenvalue weighted by Crippen LogP contribution is 2.21. The zero-order valence-corrected chi connectivity index (χ0v) is 16.3. The third kappa shape index (κ3) is 9.88. The van der Waals surface area contributed by atoms with Crippen LogP contribution < -0.4 is 5.32 Å². The summed E-state index contributed by atoms with van der Waals surface area (Å²) in [4.78, 5) is 22.6. The lowest BCUT2D eigenvalue weighted by atomic mass is 9.89. The Hall–Kier alpha value is -1.14. The van der Waals surface area contributed by atoms with Gasteiger partial charge in [0.1, 0.15) is 6.61 Å². The van der Waals surface area contributed by atoms with Crippen molar-refractivity contribution in [3.8, 4) is 0 Å². The fraction of sp³-hybridized carbons (Fsp3) is 0.889. The van der Waals surface area contributed by atoms with Crippen LogP contribution >= 0.6 is 0 Å². The number of ether oxygens (including phenoxy) is 2. The van der Waals surface area contributed by atoms with Crippen LogP contribution in [-0.2, 0) is 19.1 Å². The predicted molar refractivity (Wildman–Crippen MR) is 94.0 cm³/mol. The monoisotopic (exact) mass is 345 g/mol. The molecule has 0 aliphatic carbocycles. The van der Waals surface area contributed by atoms with Crippen LogP contribution in [0.15, 0.2) is 0 Å². The van der Waals surface area contributed by atoms with Crippen molar-refractivity contribution in [3.05, 3.63) is 0 Å². The first-order valence-electron chi connectivity index (χ1n) is 8.59. The van der Waals surface area contributed by atoms with Crippen molar-refractivity contribution >= 4 is 11.9 Å². The SMILES string of the molecule is CCC(C)(C)C(=O)NCCC(C)(C)OCCC(C)(C)OCC(=O)O. The number of carboxylic acid groups (broad SMARTS) is 1. The van der Waals surface area contributed by atoms with Gasteiger partial charge in [-0.1, -0.05) is 20.8 Å². The van der Waals surface area contributed by atoms with E-state index in [0.717, 1.165) is 6.42 Å². The molecule has 0 unspecified atom stereocenters. The maximum Gasteiger partial charge on any atom is 0.329 e. The molecule has 0 radical (unpaired) electrons. The van der Waals surface area contributed by atoms with Crippen LogP contribution in [0.25, 0.3) is 0 Å². The largest absolute Gasteiger partial charge is 0.480 e. The molecule has 6 heteroatoms. The average molecular weight is 345 g/mol. The van der Waals surface area contributed by atoms with E-state index in [9.17, 15) is 9.59 Å². The van der Waals surface area contributed by atoms with Crippen molar-refractivity contribution in [1.82, 2.24) is 5.32 Å². The summed E-state index contributed by atoms with van der Waals surface area (Å²) < 4.78 is 11.2. The Morgan fingerprint density at radius 3 is 2.00 bits per heavy atom. The Morgan fingerprint density at radius 2 is 1.50 bits per heavy atom. The van der Waals surface area contributed by atoms with Crippen molar-refractivity contribution in [1.29, 1.82) is 0 Å². The summed E-state index contributed by atoms with van der Waals surface area (Å²) >= 11 is 0. The summed E-state index contributed by atoms with van der Waals surface area (Å²) in [7, 11) is 0. The zero-order valence-electron chi connectivity index (χ0n) is 16.3. The lowest BCUT2D eigenvalue weighted by Crippen LogP contribution is -2.40. The van der Waals surface area contributed by atoms with Crippen LogP contribution in [0.5, 0.6) is 0 Å². The van der Waals surface area contributed by atoms with Gasteiger partial charge < -0.3 is 19.9 Å². The third-order valence-electron chi connectivity index (χ3n) is 4.29. The minimum absolute atomic E-state index is 0.0593. The molecule has 0 aromatic rings. The number of carbonyl (C=O) groups is 2. The molecule has 0 rings (SSSR count). The van der Waals surface area contributed by atoms with Crippen molar-refractivity contribution in [2.24, 2.45) is 5.41 Å². The predicted octanol–water partition coefficient (Wildman–Crippen LogP) is 2.99. The summed E-state index contributed by atoms with van der Waals surface area (Å²) in [5, 5.41) is 11.6. The van der Waals surface area contributed by atoms with Gasteiger partial charge in [0.05, 0.1) is 17.8 Å². The standard InChI is InChI=1S/C18H35NO5/c1-8-16(2,3)15(22)19-11-9-17(4,5)23-12-10-18(6,7)24-13-14(20)21/h8-13H2,1-7H3,(H,19,22)(H,20,21). The molecule has 0 aromatic carbocycles. The van der Waals surface area contributed by atoms with E-state index >= 15 is 0 Å². The molecule has 0 saturated carbocycles. The Morgan fingerprint density at radius 1 is 0.958 bits per heavy atom. The molecule has 1 amide bonds. The highest BCUT2D eigenvalue weighted by Gasteiger charge is 2.26. The normalized spacial score (nSPS) is 13.0. The molecule has 0 bridgehead atoms. The number of rotatable bonds is 12. The van der Waals surface area contributed by atoms with Crippen LogP contribution in [0.3, 0.4) is 0 Å². The molecule has 0 aromatic heterocycles. The van der Waals surface area contributed by atoms with Gasteiger partial charge in [0.2, 0.25) is 5.91 Å². The van der Waals surface area contributed by atoms with Gasteiger partial charge >= 0.3 is 5.97 Å². The third-order valence-corrected chi connectivity index (χ3v) is 4.29. The summed E-state index contributed by atoms with van der Waals surface area (Å²) in [6.07, 6.45) is 2.10. The van der Waals surface area contributed by atoms with Gasteiger partial charge in [-0.25, -0.2) is 4.79 Å². The lowest BCUT2D eigenvalue weighted by Gasteiger charge is -2.30. The van der Waals surface area contributed by atoms with E-state index in [2.05, 4.69) is 5.32 Å². The zero-order chi connectivity index (χ0) is 19.0. The fourth-order valence-corrected chi connectivity index (χ4v) is 1.85. The molecule has 142 valence electrons. The van der Waals surface area contributed by atoms with E-state index in [1.165, 1.54) is 0 Å². The molecular weight excluding hydrogens is 310 g/mol. The molecular formula is C18H35NO5. The van der Waals surface area contributed by atoms with E-state index in [4.69, 9.17) is 14.6 Å². The quantitative estimate of drug-likeness (QED) is 0.568. The number of nitrogens with one attached hydrogen (secondary N) is 1. The summed E-state index contributed by atoms with van der Waals surface area (Å²) in [5.41, 5.74) is -1.27. The average Bonchev–Trinajstić information content (AvgIpc) is 2.44. The Labute approximate surface area is 146 Å². The summed E-state index contributed by atoms with van der Waals surface area (Å²) in [6, 6.07) is 0. The van der Waals surface area contributed by atoms with Crippen LogP contribution in [0.2, 0.25) is 0 Å². The highest BCUT2D eigenvalue weighted by molar-refractivity contribution is 5.81. The Balaban J connectivity index is 4.14. The van der Waals surface area contributed by atoms with Gasteiger partial charge in [-0.05, 0) is 47.0 Å². The maximum atomic E-state index is 12.0. The number of hydrogen-bond donors (Lipinski definition) is 2. The molecule has 0 aliphatic heterocycles. The van der Waals surface area contributed by atoms with E-state index in [1.54, 1.807) is 0 Å². The first-order valence-corrected chi connectivity index (χ1v) is 8.59. The van der Waals surface area contributed by atoms with Gasteiger partial charge in [0, 0.05) is 12.0 Å². The number of hydrogen-bond acceptors (Lipinski definition) is 4. The molecule has 0 fully saturated rings. The molecule has 0 aliphatic rings. The second-order valence-electron chi connectivity index (χ2n) is 8.04. The first-order chi connectivity index (χ1) is 10.8. The number of amides is 1. The van der Waals surface area contributed by atoms with Crippen LogP contribution in [0.1, 0.15) is 67.7 Å². The van der Waals surface area contributed by atoms with Crippen LogP contribution in [-0.4, -0.2) is 47.9 Å². The minimum Gasteiger partial charge on any atom is -0.480 e. The number of carbonyl (C=O) groups excluding carboxylic acids is 1. The van der Waals surface area contributed by atoms with Crippen molar-refractivity contribution in [3.63, 3.8) is 0 Å². The maximum absolute atomic E-state index is 12.0. The van der Waals surface area contributed by atoms with Crippen LogP contribution in [0.4, 0.5) is 0 Å². The minimum atomic E-state index is -0.977. The smallest absolute Gasteiger partial charge is 0.329 e. The second kappa shape index (κ2) is 9.37. The molecule has 2 N–H and O–H groups in total. The summed E-state index contributed by atoms with van der Waals surface area (Å²) in [6.45, 7) is 14.2. The molecule has 6 nitrogen and oxygen atoms in total. The van der Waals surface area contributed by atoms with E-state index in [-0.39, 0.29) is 23.5 Å². The molecule has 0 atom stereocenters. The van der Waals surface area contributed by atoms with E-state index in [1.807, 2.05) is 48.5 Å². The van der Waals surface area contributed by atoms with E-state index < -0.39 is 11.6 Å². The second-order valence-corrected chi connectivity index (χ2v) is 8.04. The summed E-state index contributed by atoms with van der Waals surface area (Å²) in [5.74, 6) is -0.918. The fourth-order valence-electron chi connectivity index (χ4n) is 1.85. The van der Waals surface area contributed by atoms with Gasteiger partial charge in [-0.15, -0.1) is 0 Å². The molecule has 0 spiro atoms. The first kappa shape index (κ1) is 22.9. The highest BCUT2D eigenvalue weighted by atomic mass is 16.5. The van der Waals surface area contributed by atoms with Crippen molar-refractivity contribution in [2.75, 3.05) is 19.8 Å². The number of aliphatic carboxylic acids is 1. The molecule has 24 heavy (non-hydrogen) atoms. The molecule has 0 saturated heterocycles. The van der Waals surface area contributed by atoms with Gasteiger partial charge in [0.25, 0.3) is 0 Å². The van der Waals surface area contributed by atoms with Crippen molar-refractivity contribution < 1.29 is 24.2 Å². The number of carboxylic acids is 1. The van der Waals surface area contributed by atoms with Gasteiger partial charge in [0.15, 0.2) is 0 Å². The van der Waals surface area contributed by atoms with Crippen LogP contribution in [0, 0.1) is 5.41 Å². The Kier molecular flexibility index (Phi) is 8.93. The van der Waals surface area contributed by atoms with Gasteiger partial charge in [-0.3, -0.25) is 4.79 Å². The van der Waals surface area contributed by atoms with Gasteiger partial charge in [-0.2, -0.15) is 0 Å². The Bertz CT molecular complexity index is 416. The van der Waals surface area contributed by atoms with Crippen molar-refractivity contribution in [2.45, 2.75) is 78.9 Å². The lowest BCUT2D eigenvalue weighted by molar-refractivity contribution is -0.150.